The largest absolute Gasteiger partial charge is 0.455 e. The van der Waals surface area contributed by atoms with E-state index in [4.69, 9.17) is 4.74 Å². The standard InChI is InChI=1S/C22H19F2NO3/c1-14(18-10-9-17(23)12-20(18)24)25-21(26)13-28-22(27)11-16-7-4-6-15-5-2-3-8-19(15)16/h2-10,12,14H,11,13H2,1H3,(H,25,26)/t14-/m1/s1. The SMILES string of the molecule is C[C@@H](NC(=O)COC(=O)Cc1cccc2ccccc12)c1ccc(F)cc1F. The lowest BCUT2D eigenvalue weighted by molar-refractivity contribution is -0.148. The molecule has 0 fully saturated rings. The van der Waals surface area contributed by atoms with Crippen LogP contribution in [0, 0.1) is 11.6 Å². The van der Waals surface area contributed by atoms with E-state index < -0.39 is 36.2 Å². The van der Waals surface area contributed by atoms with Crippen molar-refractivity contribution in [2.75, 3.05) is 6.61 Å². The van der Waals surface area contributed by atoms with E-state index in [-0.39, 0.29) is 12.0 Å². The van der Waals surface area contributed by atoms with Gasteiger partial charge in [-0.05, 0) is 29.3 Å². The fraction of sp³-hybridized carbons (Fsp3) is 0.182. The minimum Gasteiger partial charge on any atom is -0.455 e. The second-order valence-electron chi connectivity index (χ2n) is 6.43. The smallest absolute Gasteiger partial charge is 0.310 e. The monoisotopic (exact) mass is 383 g/mol. The molecule has 1 atom stereocenters. The summed E-state index contributed by atoms with van der Waals surface area (Å²) >= 11 is 0. The highest BCUT2D eigenvalue weighted by Gasteiger charge is 2.16. The number of benzene rings is 3. The van der Waals surface area contributed by atoms with Gasteiger partial charge < -0.3 is 10.1 Å². The molecule has 0 saturated carbocycles. The van der Waals surface area contributed by atoms with Crippen molar-refractivity contribution < 1.29 is 23.1 Å². The van der Waals surface area contributed by atoms with Crippen LogP contribution in [0.15, 0.2) is 60.7 Å². The number of hydrogen-bond acceptors (Lipinski definition) is 3. The maximum atomic E-state index is 13.8. The molecule has 0 aliphatic heterocycles. The lowest BCUT2D eigenvalue weighted by Crippen LogP contribution is -2.31. The third-order valence-corrected chi connectivity index (χ3v) is 4.39. The molecule has 3 rings (SSSR count). The predicted octanol–water partition coefficient (Wildman–Crippen LogP) is 4.08. The molecule has 3 aromatic carbocycles. The van der Waals surface area contributed by atoms with Gasteiger partial charge in [0.2, 0.25) is 0 Å². The molecule has 28 heavy (non-hydrogen) atoms. The first-order valence-corrected chi connectivity index (χ1v) is 8.80. The normalized spacial score (nSPS) is 11.8. The first-order chi connectivity index (χ1) is 13.4. The molecular weight excluding hydrogens is 364 g/mol. The summed E-state index contributed by atoms with van der Waals surface area (Å²) in [5.74, 6) is -2.54. The topological polar surface area (TPSA) is 55.4 Å². The zero-order valence-corrected chi connectivity index (χ0v) is 15.2. The summed E-state index contributed by atoms with van der Waals surface area (Å²) in [6.45, 7) is 1.09. The van der Waals surface area contributed by atoms with E-state index in [9.17, 15) is 18.4 Å². The minimum absolute atomic E-state index is 0.0385. The number of hydrogen-bond donors (Lipinski definition) is 1. The number of ether oxygens (including phenoxy) is 1. The highest BCUT2D eigenvalue weighted by atomic mass is 19.1. The van der Waals surface area contributed by atoms with Crippen molar-refractivity contribution in [3.8, 4) is 0 Å². The number of halogens is 2. The number of carbonyl (C=O) groups is 2. The van der Waals surface area contributed by atoms with E-state index >= 15 is 0 Å². The van der Waals surface area contributed by atoms with Gasteiger partial charge in [-0.25, -0.2) is 8.78 Å². The molecule has 0 aliphatic rings. The van der Waals surface area contributed by atoms with E-state index in [0.29, 0.717) is 0 Å². The maximum absolute atomic E-state index is 13.8. The van der Waals surface area contributed by atoms with Crippen LogP contribution < -0.4 is 5.32 Å². The van der Waals surface area contributed by atoms with Crippen LogP contribution in [0.25, 0.3) is 10.8 Å². The van der Waals surface area contributed by atoms with Gasteiger partial charge in [0.15, 0.2) is 6.61 Å². The number of fused-ring (bicyclic) bond motifs is 1. The van der Waals surface area contributed by atoms with E-state index in [2.05, 4.69) is 5.32 Å². The Labute approximate surface area is 161 Å². The molecule has 0 bridgehead atoms. The molecular formula is C22H19F2NO3. The van der Waals surface area contributed by atoms with Gasteiger partial charge in [0, 0.05) is 11.6 Å². The van der Waals surface area contributed by atoms with Crippen molar-refractivity contribution in [3.63, 3.8) is 0 Å². The summed E-state index contributed by atoms with van der Waals surface area (Å²) in [4.78, 5) is 24.1. The summed E-state index contributed by atoms with van der Waals surface area (Å²) < 4.78 is 31.8. The number of esters is 1. The number of nitrogens with one attached hydrogen (secondary N) is 1. The summed E-state index contributed by atoms with van der Waals surface area (Å²) in [5.41, 5.74) is 0.960. The van der Waals surface area contributed by atoms with Crippen LogP contribution in [0.3, 0.4) is 0 Å². The molecule has 0 aromatic heterocycles. The van der Waals surface area contributed by atoms with Crippen LogP contribution in [0.1, 0.15) is 24.1 Å². The minimum atomic E-state index is -0.749. The summed E-state index contributed by atoms with van der Waals surface area (Å²) in [6.07, 6.45) is 0.0385. The Morgan fingerprint density at radius 3 is 2.57 bits per heavy atom. The fourth-order valence-corrected chi connectivity index (χ4v) is 3.01. The Bertz CT molecular complexity index is 1010. The quantitative estimate of drug-likeness (QED) is 0.653. The van der Waals surface area contributed by atoms with Gasteiger partial charge in [0.1, 0.15) is 11.6 Å². The van der Waals surface area contributed by atoms with E-state index in [1.165, 1.54) is 6.07 Å². The van der Waals surface area contributed by atoms with Crippen molar-refractivity contribution in [1.29, 1.82) is 0 Å². The molecule has 0 heterocycles. The maximum Gasteiger partial charge on any atom is 0.310 e. The van der Waals surface area contributed by atoms with Gasteiger partial charge >= 0.3 is 5.97 Å². The molecule has 1 amide bonds. The number of carbonyl (C=O) groups excluding carboxylic acids is 2. The Hall–Kier alpha value is -3.28. The molecule has 0 aliphatic carbocycles. The lowest BCUT2D eigenvalue weighted by atomic mass is 10.0. The number of amides is 1. The third-order valence-electron chi connectivity index (χ3n) is 4.39. The summed E-state index contributed by atoms with van der Waals surface area (Å²) in [7, 11) is 0. The van der Waals surface area contributed by atoms with Crippen molar-refractivity contribution in [3.05, 3.63) is 83.4 Å². The Kier molecular flexibility index (Phi) is 5.99. The van der Waals surface area contributed by atoms with Crippen LogP contribution in [-0.4, -0.2) is 18.5 Å². The molecule has 0 unspecified atom stereocenters. The van der Waals surface area contributed by atoms with Gasteiger partial charge in [-0.2, -0.15) is 0 Å². The molecule has 0 radical (unpaired) electrons. The van der Waals surface area contributed by atoms with Crippen LogP contribution in [0.4, 0.5) is 8.78 Å². The van der Waals surface area contributed by atoms with Gasteiger partial charge in [-0.1, -0.05) is 48.5 Å². The van der Waals surface area contributed by atoms with Gasteiger partial charge in [0.05, 0.1) is 12.5 Å². The number of rotatable bonds is 6. The average molecular weight is 383 g/mol. The van der Waals surface area contributed by atoms with Crippen molar-refractivity contribution in [2.45, 2.75) is 19.4 Å². The van der Waals surface area contributed by atoms with Crippen LogP contribution in [-0.2, 0) is 20.7 Å². The molecule has 144 valence electrons. The molecule has 1 N–H and O–H groups in total. The molecule has 3 aromatic rings. The second kappa shape index (κ2) is 8.61. The average Bonchev–Trinajstić information content (AvgIpc) is 2.66. The van der Waals surface area contributed by atoms with Crippen LogP contribution >= 0.6 is 0 Å². The van der Waals surface area contributed by atoms with Crippen LogP contribution in [0.2, 0.25) is 0 Å². The highest BCUT2D eigenvalue weighted by molar-refractivity contribution is 5.89. The van der Waals surface area contributed by atoms with Gasteiger partial charge in [-0.15, -0.1) is 0 Å². The van der Waals surface area contributed by atoms with Crippen molar-refractivity contribution >= 4 is 22.6 Å². The molecule has 0 saturated heterocycles. The zero-order chi connectivity index (χ0) is 20.1. The van der Waals surface area contributed by atoms with Gasteiger partial charge in [0.25, 0.3) is 5.91 Å². The third kappa shape index (κ3) is 4.71. The second-order valence-corrected chi connectivity index (χ2v) is 6.43. The highest BCUT2D eigenvalue weighted by Crippen LogP contribution is 2.19. The Balaban J connectivity index is 1.54. The van der Waals surface area contributed by atoms with E-state index in [0.717, 1.165) is 28.5 Å². The van der Waals surface area contributed by atoms with Crippen molar-refractivity contribution in [1.82, 2.24) is 5.32 Å². The van der Waals surface area contributed by atoms with E-state index in [1.54, 1.807) is 6.92 Å². The predicted molar refractivity (Wildman–Crippen MR) is 102 cm³/mol. The summed E-state index contributed by atoms with van der Waals surface area (Å²) in [5, 5.41) is 4.49. The molecule has 6 heteroatoms. The lowest BCUT2D eigenvalue weighted by Gasteiger charge is -2.15. The zero-order valence-electron chi connectivity index (χ0n) is 15.2. The molecule has 4 nitrogen and oxygen atoms in total. The first-order valence-electron chi connectivity index (χ1n) is 8.80. The van der Waals surface area contributed by atoms with E-state index in [1.807, 2.05) is 42.5 Å². The summed E-state index contributed by atoms with van der Waals surface area (Å²) in [6, 6.07) is 15.8. The van der Waals surface area contributed by atoms with Crippen molar-refractivity contribution in [2.24, 2.45) is 0 Å². The Morgan fingerprint density at radius 2 is 1.79 bits per heavy atom. The molecule has 0 spiro atoms. The van der Waals surface area contributed by atoms with Crippen LogP contribution in [0.5, 0.6) is 0 Å². The van der Waals surface area contributed by atoms with Gasteiger partial charge in [-0.3, -0.25) is 9.59 Å². The first kappa shape index (κ1) is 19.5. The fourth-order valence-electron chi connectivity index (χ4n) is 3.01. The Morgan fingerprint density at radius 1 is 1.04 bits per heavy atom.